The SMILES string of the molecule is O=c1cc(-c2ccc3c(c2)C(C2CCOC2)=NC3)ccn1[C@H](CO)c1cc(F)cc(Br)c1. The molecule has 1 N–H and O–H groups in total. The largest absolute Gasteiger partial charge is 0.394 e. The number of aliphatic hydroxyl groups excluding tert-OH is 1. The van der Waals surface area contributed by atoms with Crippen LogP contribution in [0.25, 0.3) is 11.1 Å². The minimum atomic E-state index is -0.676. The Morgan fingerprint density at radius 2 is 2.03 bits per heavy atom. The van der Waals surface area contributed by atoms with Gasteiger partial charge in [0.15, 0.2) is 0 Å². The number of aromatic nitrogens is 1. The first-order chi connectivity index (χ1) is 15.5. The van der Waals surface area contributed by atoms with Gasteiger partial charge in [-0.05, 0) is 59.0 Å². The van der Waals surface area contributed by atoms with Gasteiger partial charge in [0.2, 0.25) is 0 Å². The van der Waals surface area contributed by atoms with E-state index in [1.807, 2.05) is 12.1 Å². The van der Waals surface area contributed by atoms with Crippen molar-refractivity contribution in [1.82, 2.24) is 4.57 Å². The lowest BCUT2D eigenvalue weighted by molar-refractivity contribution is 0.193. The van der Waals surface area contributed by atoms with Crippen molar-refractivity contribution in [2.75, 3.05) is 19.8 Å². The van der Waals surface area contributed by atoms with Gasteiger partial charge in [-0.25, -0.2) is 4.39 Å². The van der Waals surface area contributed by atoms with E-state index >= 15 is 0 Å². The van der Waals surface area contributed by atoms with Gasteiger partial charge in [-0.1, -0.05) is 28.1 Å². The van der Waals surface area contributed by atoms with Crippen molar-refractivity contribution >= 4 is 21.6 Å². The number of benzene rings is 2. The standard InChI is InChI=1S/C25H22BrFN2O3/c26-20-7-19(8-21(27)11-20)23(13-30)29-5-3-16(10-24(29)31)15-1-2-17-12-28-25(22(17)9-15)18-4-6-32-14-18/h1-3,5,7-11,18,23,30H,4,6,12-14H2/t18?,23-/m1/s1. The molecule has 0 amide bonds. The predicted molar refractivity (Wildman–Crippen MR) is 125 cm³/mol. The van der Waals surface area contributed by atoms with E-state index in [1.165, 1.54) is 22.3 Å². The highest BCUT2D eigenvalue weighted by Crippen LogP contribution is 2.31. The lowest BCUT2D eigenvalue weighted by Crippen LogP contribution is -2.27. The molecule has 164 valence electrons. The summed E-state index contributed by atoms with van der Waals surface area (Å²) in [6.07, 6.45) is 2.64. The highest BCUT2D eigenvalue weighted by molar-refractivity contribution is 9.10. The van der Waals surface area contributed by atoms with Gasteiger partial charge in [-0.2, -0.15) is 0 Å². The molecule has 5 nitrogen and oxygen atoms in total. The molecule has 2 aliphatic heterocycles. The Morgan fingerprint density at radius 3 is 2.75 bits per heavy atom. The van der Waals surface area contributed by atoms with Crippen LogP contribution in [0.3, 0.4) is 0 Å². The molecular formula is C25H22BrFN2O3. The Bertz CT molecular complexity index is 1240. The summed E-state index contributed by atoms with van der Waals surface area (Å²) >= 11 is 3.27. The molecule has 2 aliphatic rings. The molecule has 0 bridgehead atoms. The van der Waals surface area contributed by atoms with Crippen LogP contribution in [0.5, 0.6) is 0 Å². The number of rotatable bonds is 5. The summed E-state index contributed by atoms with van der Waals surface area (Å²) < 4.78 is 21.4. The maximum atomic E-state index is 13.9. The topological polar surface area (TPSA) is 63.8 Å². The second-order valence-corrected chi connectivity index (χ2v) is 9.11. The Hall–Kier alpha value is -2.61. The summed E-state index contributed by atoms with van der Waals surface area (Å²) in [5.74, 6) is -0.101. The van der Waals surface area contributed by atoms with E-state index in [-0.39, 0.29) is 12.2 Å². The third kappa shape index (κ3) is 3.96. The second kappa shape index (κ2) is 8.73. The van der Waals surface area contributed by atoms with Crippen molar-refractivity contribution in [3.05, 3.63) is 92.1 Å². The minimum Gasteiger partial charge on any atom is -0.394 e. The van der Waals surface area contributed by atoms with Gasteiger partial charge in [0.1, 0.15) is 5.82 Å². The second-order valence-electron chi connectivity index (χ2n) is 8.20. The number of pyridine rings is 1. The average molecular weight is 497 g/mol. The summed E-state index contributed by atoms with van der Waals surface area (Å²) in [6.45, 7) is 1.84. The van der Waals surface area contributed by atoms with E-state index in [1.54, 1.807) is 18.3 Å². The molecule has 0 saturated carbocycles. The molecule has 0 radical (unpaired) electrons. The third-order valence-corrected chi connectivity index (χ3v) is 6.64. The van der Waals surface area contributed by atoms with Crippen LogP contribution in [0.1, 0.15) is 29.2 Å². The number of aliphatic hydroxyl groups is 1. The normalized spacial score (nSPS) is 18.5. The van der Waals surface area contributed by atoms with E-state index in [9.17, 15) is 14.3 Å². The zero-order valence-corrected chi connectivity index (χ0v) is 18.9. The van der Waals surface area contributed by atoms with Crippen LogP contribution < -0.4 is 5.56 Å². The average Bonchev–Trinajstić information content (AvgIpc) is 3.43. The van der Waals surface area contributed by atoms with Crippen LogP contribution >= 0.6 is 15.9 Å². The van der Waals surface area contributed by atoms with Crippen molar-refractivity contribution in [1.29, 1.82) is 0 Å². The summed E-state index contributed by atoms with van der Waals surface area (Å²) in [5, 5.41) is 9.94. The number of fused-ring (bicyclic) bond motifs is 1. The third-order valence-electron chi connectivity index (χ3n) is 6.18. The van der Waals surface area contributed by atoms with Crippen LogP contribution in [0.2, 0.25) is 0 Å². The van der Waals surface area contributed by atoms with Crippen molar-refractivity contribution < 1.29 is 14.2 Å². The maximum Gasteiger partial charge on any atom is 0.251 e. The molecule has 2 atom stereocenters. The highest BCUT2D eigenvalue weighted by atomic mass is 79.9. The lowest BCUT2D eigenvalue weighted by atomic mass is 9.92. The minimum absolute atomic E-state index is 0.263. The van der Waals surface area contributed by atoms with Crippen molar-refractivity contribution in [2.24, 2.45) is 10.9 Å². The molecule has 32 heavy (non-hydrogen) atoms. The Balaban J connectivity index is 1.48. The number of hydrogen-bond acceptors (Lipinski definition) is 4. The molecule has 1 aromatic heterocycles. The Kier molecular flexibility index (Phi) is 5.80. The van der Waals surface area contributed by atoms with Gasteiger partial charge in [0.05, 0.1) is 25.8 Å². The van der Waals surface area contributed by atoms with Crippen LogP contribution in [-0.2, 0) is 11.3 Å². The molecule has 1 unspecified atom stereocenters. The first-order valence-corrected chi connectivity index (χ1v) is 11.4. The molecule has 7 heteroatoms. The predicted octanol–water partition coefficient (Wildman–Crippen LogP) is 4.34. The lowest BCUT2D eigenvalue weighted by Gasteiger charge is -2.19. The molecule has 5 rings (SSSR count). The van der Waals surface area contributed by atoms with Crippen LogP contribution in [-0.4, -0.2) is 35.2 Å². The fraction of sp³-hybridized carbons (Fsp3) is 0.280. The monoisotopic (exact) mass is 496 g/mol. The molecule has 1 saturated heterocycles. The molecule has 0 aliphatic carbocycles. The van der Waals surface area contributed by atoms with Gasteiger partial charge >= 0.3 is 0 Å². The highest BCUT2D eigenvalue weighted by Gasteiger charge is 2.27. The number of aliphatic imine (C=N–C) groups is 1. The van der Waals surface area contributed by atoms with Gasteiger partial charge in [0, 0.05) is 40.5 Å². The van der Waals surface area contributed by atoms with Gasteiger partial charge in [-0.15, -0.1) is 0 Å². The van der Waals surface area contributed by atoms with E-state index in [0.29, 0.717) is 29.1 Å². The fourth-order valence-corrected chi connectivity index (χ4v) is 5.02. The molecular weight excluding hydrogens is 475 g/mol. The smallest absolute Gasteiger partial charge is 0.251 e. The van der Waals surface area contributed by atoms with Gasteiger partial charge in [-0.3, -0.25) is 9.79 Å². The summed E-state index contributed by atoms with van der Waals surface area (Å²) in [4.78, 5) is 17.7. The number of hydrogen-bond donors (Lipinski definition) is 1. The van der Waals surface area contributed by atoms with Crippen LogP contribution in [0, 0.1) is 11.7 Å². The van der Waals surface area contributed by atoms with Crippen molar-refractivity contribution in [2.45, 2.75) is 19.0 Å². The van der Waals surface area contributed by atoms with Crippen molar-refractivity contribution in [3.8, 4) is 11.1 Å². The number of nitrogens with zero attached hydrogens (tertiary/aromatic N) is 2. The zero-order valence-electron chi connectivity index (χ0n) is 17.3. The van der Waals surface area contributed by atoms with Gasteiger partial charge < -0.3 is 14.4 Å². The summed E-state index contributed by atoms with van der Waals surface area (Å²) in [7, 11) is 0. The molecule has 3 aromatic rings. The van der Waals surface area contributed by atoms with E-state index in [2.05, 4.69) is 28.1 Å². The molecule has 2 aromatic carbocycles. The first kappa shape index (κ1) is 21.2. The van der Waals surface area contributed by atoms with Gasteiger partial charge in [0.25, 0.3) is 5.56 Å². The molecule has 1 fully saturated rings. The number of ether oxygens (including phenoxy) is 1. The zero-order chi connectivity index (χ0) is 22.2. The first-order valence-electron chi connectivity index (χ1n) is 10.6. The molecule has 0 spiro atoms. The Morgan fingerprint density at radius 1 is 1.19 bits per heavy atom. The van der Waals surface area contributed by atoms with E-state index in [4.69, 9.17) is 9.73 Å². The quantitative estimate of drug-likeness (QED) is 0.571. The fourth-order valence-electron chi connectivity index (χ4n) is 4.54. The van der Waals surface area contributed by atoms with E-state index < -0.39 is 11.9 Å². The van der Waals surface area contributed by atoms with Crippen LogP contribution in [0.15, 0.2) is 69.0 Å². The molecule has 3 heterocycles. The van der Waals surface area contributed by atoms with Crippen molar-refractivity contribution in [3.63, 3.8) is 0 Å². The van der Waals surface area contributed by atoms with Crippen LogP contribution in [0.4, 0.5) is 4.39 Å². The summed E-state index contributed by atoms with van der Waals surface area (Å²) in [5.41, 5.74) is 5.42. The summed E-state index contributed by atoms with van der Waals surface area (Å²) in [6, 6.07) is 13.3. The number of halogens is 2. The maximum absolute atomic E-state index is 13.9. The van der Waals surface area contributed by atoms with E-state index in [0.717, 1.165) is 35.4 Å². The Labute approximate surface area is 193 Å².